The van der Waals surface area contributed by atoms with Crippen LogP contribution < -0.4 is 15.9 Å². The van der Waals surface area contributed by atoms with Crippen LogP contribution >= 0.6 is 0 Å². The zero-order valence-corrected chi connectivity index (χ0v) is 16.8. The Balaban J connectivity index is 1.38. The van der Waals surface area contributed by atoms with Crippen LogP contribution in [0, 0.1) is 5.82 Å². The zero-order valence-electron chi connectivity index (χ0n) is 16.8. The highest BCUT2D eigenvalue weighted by Crippen LogP contribution is 2.35. The second-order valence-corrected chi connectivity index (χ2v) is 7.86. The van der Waals surface area contributed by atoms with Crippen molar-refractivity contribution in [1.29, 1.82) is 0 Å². The molecule has 1 fully saturated rings. The van der Waals surface area contributed by atoms with Gasteiger partial charge in [0.1, 0.15) is 11.6 Å². The summed E-state index contributed by atoms with van der Waals surface area (Å²) in [6, 6.07) is 5.93. The van der Waals surface area contributed by atoms with Gasteiger partial charge in [0, 0.05) is 44.7 Å². The number of hydrogen-bond acceptors (Lipinski definition) is 4. The van der Waals surface area contributed by atoms with Gasteiger partial charge >= 0.3 is 5.69 Å². The molecule has 164 valence electrons. The fraction of sp³-hybridized carbons (Fsp3) is 0.381. The summed E-state index contributed by atoms with van der Waals surface area (Å²) in [6.07, 6.45) is 2.17. The fourth-order valence-corrected chi connectivity index (χ4v) is 3.84. The first-order valence-corrected chi connectivity index (χ1v) is 9.97. The highest BCUT2D eigenvalue weighted by atomic mass is 19.3. The number of anilines is 1. The molecule has 0 spiro atoms. The van der Waals surface area contributed by atoms with Gasteiger partial charge in [0.15, 0.2) is 0 Å². The minimum Gasteiger partial charge on any atom is -0.357 e. The van der Waals surface area contributed by atoms with Crippen LogP contribution in [0.3, 0.4) is 0 Å². The highest BCUT2D eigenvalue weighted by molar-refractivity contribution is 5.97. The van der Waals surface area contributed by atoms with Crippen LogP contribution in [-0.2, 0) is 6.54 Å². The number of halogens is 3. The molecule has 4 rings (SSSR count). The molecule has 1 aliphatic rings. The molecule has 3 N–H and O–H groups in total. The maximum atomic E-state index is 14.2. The molecule has 31 heavy (non-hydrogen) atoms. The van der Waals surface area contributed by atoms with E-state index in [2.05, 4.69) is 20.3 Å². The molecule has 10 heteroatoms. The summed E-state index contributed by atoms with van der Waals surface area (Å²) in [5.74, 6) is -3.27. The summed E-state index contributed by atoms with van der Waals surface area (Å²) in [6.45, 7) is 0.132. The van der Waals surface area contributed by atoms with Gasteiger partial charge in [-0.1, -0.05) is 6.07 Å². The fourth-order valence-electron chi connectivity index (χ4n) is 3.84. The van der Waals surface area contributed by atoms with Crippen LogP contribution in [0.15, 0.2) is 35.3 Å². The Labute approximate surface area is 175 Å². The maximum absolute atomic E-state index is 14.2. The summed E-state index contributed by atoms with van der Waals surface area (Å²) in [5.41, 5.74) is 0.666. The molecular weight excluding hydrogens is 411 g/mol. The Morgan fingerprint density at radius 2 is 1.90 bits per heavy atom. The summed E-state index contributed by atoms with van der Waals surface area (Å²) >= 11 is 0. The predicted molar refractivity (Wildman–Crippen MR) is 110 cm³/mol. The Hall–Kier alpha value is -3.30. The second-order valence-electron chi connectivity index (χ2n) is 7.86. The Kier molecular flexibility index (Phi) is 5.47. The average molecular weight is 433 g/mol. The molecule has 1 saturated carbocycles. The summed E-state index contributed by atoms with van der Waals surface area (Å²) < 4.78 is 40.9. The van der Waals surface area contributed by atoms with Gasteiger partial charge in [-0.05, 0) is 30.5 Å². The quantitative estimate of drug-likeness (QED) is 0.575. The molecule has 0 unspecified atom stereocenters. The number of nitrogens with one attached hydrogen (secondary N) is 3. The van der Waals surface area contributed by atoms with Crippen molar-refractivity contribution in [2.75, 3.05) is 11.9 Å². The van der Waals surface area contributed by atoms with Gasteiger partial charge in [-0.15, -0.1) is 0 Å². The van der Waals surface area contributed by atoms with E-state index in [1.165, 1.54) is 6.07 Å². The topological polar surface area (TPSA) is 93.9 Å². The average Bonchev–Trinajstić information content (AvgIpc) is 3.10. The van der Waals surface area contributed by atoms with Gasteiger partial charge in [0.2, 0.25) is 5.92 Å². The Morgan fingerprint density at radius 1 is 1.23 bits per heavy atom. The maximum Gasteiger partial charge on any atom is 0.323 e. The van der Waals surface area contributed by atoms with Crippen molar-refractivity contribution in [3.63, 3.8) is 0 Å². The number of H-pyrrole nitrogens is 2. The lowest BCUT2D eigenvalue weighted by Crippen LogP contribution is -2.38. The van der Waals surface area contributed by atoms with Crippen molar-refractivity contribution in [2.45, 2.75) is 44.2 Å². The Morgan fingerprint density at radius 3 is 2.55 bits per heavy atom. The monoisotopic (exact) mass is 433 g/mol. The standard InChI is InChI=1S/C21H22F3N5O2/c1-29(13-4-6-21(23,24)7-5-13)18-3-2-12(10-25-18)11-26-19(30)14-8-16-17(9-15(14)22)28-20(31)27-16/h2-3,8-10,13H,4-7,11H2,1H3,(H,26,30)(H2,27,28,31). The van der Waals surface area contributed by atoms with Crippen LogP contribution in [0.2, 0.25) is 0 Å². The number of carbonyl (C=O) groups is 1. The van der Waals surface area contributed by atoms with E-state index in [1.807, 2.05) is 11.9 Å². The third-order valence-corrected chi connectivity index (χ3v) is 5.71. The van der Waals surface area contributed by atoms with E-state index in [0.717, 1.165) is 6.07 Å². The van der Waals surface area contributed by atoms with Crippen molar-refractivity contribution < 1.29 is 18.0 Å². The minimum absolute atomic E-state index is 0.00967. The number of fused-ring (bicyclic) bond motifs is 1. The normalized spacial score (nSPS) is 16.4. The van der Waals surface area contributed by atoms with Crippen LogP contribution in [0.25, 0.3) is 11.0 Å². The molecule has 0 bridgehead atoms. The largest absolute Gasteiger partial charge is 0.357 e. The first-order chi connectivity index (χ1) is 14.7. The van der Waals surface area contributed by atoms with Crippen LogP contribution in [-0.4, -0.2) is 39.9 Å². The molecule has 3 aromatic rings. The van der Waals surface area contributed by atoms with Gasteiger partial charge < -0.3 is 20.2 Å². The number of aromatic nitrogens is 3. The number of amides is 1. The van der Waals surface area contributed by atoms with Crippen LogP contribution in [0.4, 0.5) is 19.0 Å². The molecule has 7 nitrogen and oxygen atoms in total. The number of nitrogens with zero attached hydrogens (tertiary/aromatic N) is 2. The van der Waals surface area contributed by atoms with E-state index in [9.17, 15) is 22.8 Å². The van der Waals surface area contributed by atoms with Gasteiger partial charge in [-0.3, -0.25) is 4.79 Å². The molecule has 0 atom stereocenters. The van der Waals surface area contributed by atoms with E-state index in [-0.39, 0.29) is 36.5 Å². The van der Waals surface area contributed by atoms with E-state index in [4.69, 9.17) is 0 Å². The lowest BCUT2D eigenvalue weighted by Gasteiger charge is -2.35. The van der Waals surface area contributed by atoms with Crippen LogP contribution in [0.5, 0.6) is 0 Å². The first-order valence-electron chi connectivity index (χ1n) is 9.97. The number of benzene rings is 1. The van der Waals surface area contributed by atoms with E-state index >= 15 is 0 Å². The van der Waals surface area contributed by atoms with Crippen molar-refractivity contribution in [2.24, 2.45) is 0 Å². The smallest absolute Gasteiger partial charge is 0.323 e. The molecule has 1 aliphatic carbocycles. The van der Waals surface area contributed by atoms with Gasteiger partial charge in [0.05, 0.1) is 16.6 Å². The molecule has 2 aromatic heterocycles. The first kappa shape index (κ1) is 21.0. The summed E-state index contributed by atoms with van der Waals surface area (Å²) in [5, 5.41) is 2.63. The zero-order chi connectivity index (χ0) is 22.2. The van der Waals surface area contributed by atoms with Crippen molar-refractivity contribution in [3.05, 3.63) is 57.9 Å². The van der Waals surface area contributed by atoms with Crippen molar-refractivity contribution in [3.8, 4) is 0 Å². The number of rotatable bonds is 5. The van der Waals surface area contributed by atoms with Crippen molar-refractivity contribution >= 4 is 22.8 Å². The number of hydrogen-bond donors (Lipinski definition) is 3. The SMILES string of the molecule is CN(c1ccc(CNC(=O)c2cc3[nH]c(=O)[nH]c3cc2F)cn1)C1CCC(F)(F)CC1. The molecule has 0 radical (unpaired) electrons. The number of aromatic amines is 2. The molecule has 0 saturated heterocycles. The van der Waals surface area contributed by atoms with Gasteiger partial charge in [-0.25, -0.2) is 22.9 Å². The molecule has 0 aliphatic heterocycles. The number of pyridine rings is 1. The van der Waals surface area contributed by atoms with E-state index in [0.29, 0.717) is 29.7 Å². The summed E-state index contributed by atoms with van der Waals surface area (Å²) in [4.78, 5) is 34.9. The number of imidazole rings is 1. The molecular formula is C21H22F3N5O2. The van der Waals surface area contributed by atoms with Crippen LogP contribution in [0.1, 0.15) is 41.6 Å². The molecule has 1 aromatic carbocycles. The minimum atomic E-state index is -2.58. The highest BCUT2D eigenvalue weighted by Gasteiger charge is 2.36. The third kappa shape index (κ3) is 4.57. The van der Waals surface area contributed by atoms with Crippen molar-refractivity contribution in [1.82, 2.24) is 20.3 Å². The number of carbonyl (C=O) groups excluding carboxylic acids is 1. The predicted octanol–water partition coefficient (Wildman–Crippen LogP) is 3.33. The van der Waals surface area contributed by atoms with E-state index < -0.39 is 23.3 Å². The van der Waals surface area contributed by atoms with E-state index in [1.54, 1.807) is 18.3 Å². The lowest BCUT2D eigenvalue weighted by atomic mass is 9.91. The number of alkyl halides is 2. The third-order valence-electron chi connectivity index (χ3n) is 5.71. The Bertz CT molecular complexity index is 1150. The van der Waals surface area contributed by atoms with Gasteiger partial charge in [-0.2, -0.15) is 0 Å². The molecule has 2 heterocycles. The summed E-state index contributed by atoms with van der Waals surface area (Å²) in [7, 11) is 1.84. The molecule has 1 amide bonds. The van der Waals surface area contributed by atoms with Gasteiger partial charge in [0.25, 0.3) is 5.91 Å². The lowest BCUT2D eigenvalue weighted by molar-refractivity contribution is -0.0378. The second kappa shape index (κ2) is 8.09.